The van der Waals surface area contributed by atoms with Gasteiger partial charge in [0.25, 0.3) is 0 Å². The second-order valence-electron chi connectivity index (χ2n) is 2.99. The Bertz CT molecular complexity index is 76.9. The molecule has 1 heteroatoms. The van der Waals surface area contributed by atoms with Gasteiger partial charge in [-0.05, 0) is 11.6 Å². The van der Waals surface area contributed by atoms with Gasteiger partial charge in [0.05, 0.1) is 0 Å². The lowest BCUT2D eigenvalue weighted by molar-refractivity contribution is 0.541. The van der Waals surface area contributed by atoms with Crippen LogP contribution in [0.2, 0.25) is 0 Å². The molecule has 0 unspecified atom stereocenters. The molecule has 0 aliphatic heterocycles. The third-order valence-electron chi connectivity index (χ3n) is 0.750. The molecule has 0 radical (unpaired) electrons. The van der Waals surface area contributed by atoms with Gasteiger partial charge in [-0.25, -0.2) is 0 Å². The Labute approximate surface area is 51.8 Å². The summed E-state index contributed by atoms with van der Waals surface area (Å²) in [6.07, 6.45) is 4.09. The highest BCUT2D eigenvalue weighted by molar-refractivity contribution is 4.89. The molecule has 0 heterocycles. The normalized spacial score (nSPS) is 12.5. The second kappa shape index (κ2) is 2.75. The summed E-state index contributed by atoms with van der Waals surface area (Å²) in [4.78, 5) is 0. The van der Waals surface area contributed by atoms with Gasteiger partial charge in [0, 0.05) is 7.05 Å². The van der Waals surface area contributed by atoms with E-state index in [2.05, 4.69) is 32.2 Å². The Kier molecular flexibility index (Phi) is 2.59. The first kappa shape index (κ1) is 7.54. The van der Waals surface area contributed by atoms with E-state index in [9.17, 15) is 0 Å². The standard InChI is InChI=1S/C7H15N/c1-7(2,3)5-6-8-4/h5-6,8H,1-4H3/b6-5-. The maximum atomic E-state index is 2.94. The van der Waals surface area contributed by atoms with Crippen molar-refractivity contribution in [1.82, 2.24) is 5.32 Å². The van der Waals surface area contributed by atoms with E-state index in [1.807, 2.05) is 13.2 Å². The highest BCUT2D eigenvalue weighted by atomic mass is 14.8. The van der Waals surface area contributed by atoms with Gasteiger partial charge in [0.15, 0.2) is 0 Å². The van der Waals surface area contributed by atoms with Crippen molar-refractivity contribution in [3.05, 3.63) is 12.3 Å². The molecular weight excluding hydrogens is 98.1 g/mol. The number of hydrogen-bond acceptors (Lipinski definition) is 1. The summed E-state index contributed by atoms with van der Waals surface area (Å²) in [6.45, 7) is 6.50. The molecule has 48 valence electrons. The molecule has 0 spiro atoms. The first-order chi connectivity index (χ1) is 3.56. The molecule has 0 fully saturated rings. The number of rotatable bonds is 1. The number of hydrogen-bond donors (Lipinski definition) is 1. The summed E-state index contributed by atoms with van der Waals surface area (Å²) in [5.41, 5.74) is 0.309. The minimum Gasteiger partial charge on any atom is -0.394 e. The van der Waals surface area contributed by atoms with Gasteiger partial charge in [0.2, 0.25) is 0 Å². The largest absolute Gasteiger partial charge is 0.394 e. The zero-order chi connectivity index (χ0) is 6.62. The van der Waals surface area contributed by atoms with Crippen LogP contribution < -0.4 is 5.32 Å². The summed E-state index contributed by atoms with van der Waals surface area (Å²) in [5.74, 6) is 0. The van der Waals surface area contributed by atoms with Crippen molar-refractivity contribution in [3.8, 4) is 0 Å². The second-order valence-corrected chi connectivity index (χ2v) is 2.99. The van der Waals surface area contributed by atoms with Crippen LogP contribution in [0.1, 0.15) is 20.8 Å². The predicted molar refractivity (Wildman–Crippen MR) is 37.7 cm³/mol. The zero-order valence-electron chi connectivity index (χ0n) is 6.15. The molecule has 1 N–H and O–H groups in total. The van der Waals surface area contributed by atoms with E-state index in [0.717, 1.165) is 0 Å². The van der Waals surface area contributed by atoms with Crippen molar-refractivity contribution in [3.63, 3.8) is 0 Å². The van der Waals surface area contributed by atoms with Gasteiger partial charge in [-0.3, -0.25) is 0 Å². The van der Waals surface area contributed by atoms with Gasteiger partial charge in [-0.2, -0.15) is 0 Å². The van der Waals surface area contributed by atoms with Crippen LogP contribution >= 0.6 is 0 Å². The average molecular weight is 113 g/mol. The highest BCUT2D eigenvalue weighted by Gasteiger charge is 2.01. The lowest BCUT2D eigenvalue weighted by atomic mass is 9.97. The van der Waals surface area contributed by atoms with Gasteiger partial charge in [-0.1, -0.05) is 26.8 Å². The van der Waals surface area contributed by atoms with Crippen LogP contribution in [0.3, 0.4) is 0 Å². The van der Waals surface area contributed by atoms with E-state index < -0.39 is 0 Å². The molecule has 0 aliphatic rings. The summed E-state index contributed by atoms with van der Waals surface area (Å²) < 4.78 is 0. The van der Waals surface area contributed by atoms with Crippen LogP contribution in [0.15, 0.2) is 12.3 Å². The summed E-state index contributed by atoms with van der Waals surface area (Å²) in [7, 11) is 1.90. The van der Waals surface area contributed by atoms with Crippen molar-refractivity contribution >= 4 is 0 Å². The maximum Gasteiger partial charge on any atom is 0.00276 e. The van der Waals surface area contributed by atoms with Gasteiger partial charge in [-0.15, -0.1) is 0 Å². The molecule has 0 saturated carbocycles. The molecule has 8 heavy (non-hydrogen) atoms. The Morgan fingerprint density at radius 2 is 1.75 bits per heavy atom. The van der Waals surface area contributed by atoms with E-state index in [0.29, 0.717) is 5.41 Å². The summed E-state index contributed by atoms with van der Waals surface area (Å²) >= 11 is 0. The molecule has 1 nitrogen and oxygen atoms in total. The molecule has 0 aliphatic carbocycles. The van der Waals surface area contributed by atoms with Crippen LogP contribution in [-0.2, 0) is 0 Å². The summed E-state index contributed by atoms with van der Waals surface area (Å²) in [5, 5.41) is 2.94. The molecule has 0 aromatic rings. The third-order valence-corrected chi connectivity index (χ3v) is 0.750. The topological polar surface area (TPSA) is 12.0 Å². The van der Waals surface area contributed by atoms with Gasteiger partial charge >= 0.3 is 0 Å². The first-order valence-corrected chi connectivity index (χ1v) is 2.91. The minimum atomic E-state index is 0.309. The van der Waals surface area contributed by atoms with E-state index in [-0.39, 0.29) is 0 Å². The van der Waals surface area contributed by atoms with E-state index in [1.165, 1.54) is 0 Å². The van der Waals surface area contributed by atoms with E-state index in [1.54, 1.807) is 0 Å². The summed E-state index contributed by atoms with van der Waals surface area (Å²) in [6, 6.07) is 0. The minimum absolute atomic E-state index is 0.309. The van der Waals surface area contributed by atoms with Crippen LogP contribution in [-0.4, -0.2) is 7.05 Å². The quantitative estimate of drug-likeness (QED) is 0.546. The Morgan fingerprint density at radius 3 is 1.88 bits per heavy atom. The monoisotopic (exact) mass is 113 g/mol. The molecule has 0 aromatic carbocycles. The molecule has 0 atom stereocenters. The molecule has 0 aromatic heterocycles. The number of nitrogens with one attached hydrogen (secondary N) is 1. The fraction of sp³-hybridized carbons (Fsp3) is 0.714. The highest BCUT2D eigenvalue weighted by Crippen LogP contribution is 2.13. The van der Waals surface area contributed by atoms with Crippen LogP contribution in [0.4, 0.5) is 0 Å². The van der Waals surface area contributed by atoms with Crippen LogP contribution in [0.5, 0.6) is 0 Å². The van der Waals surface area contributed by atoms with Gasteiger partial charge in [0.1, 0.15) is 0 Å². The zero-order valence-corrected chi connectivity index (χ0v) is 6.15. The molecule has 0 amide bonds. The molecule has 0 rings (SSSR count). The smallest absolute Gasteiger partial charge is 0.00276 e. The lowest BCUT2D eigenvalue weighted by Crippen LogP contribution is -2.02. The van der Waals surface area contributed by atoms with E-state index >= 15 is 0 Å². The Morgan fingerprint density at radius 1 is 1.25 bits per heavy atom. The van der Waals surface area contributed by atoms with Crippen LogP contribution in [0, 0.1) is 5.41 Å². The van der Waals surface area contributed by atoms with Crippen LogP contribution in [0.25, 0.3) is 0 Å². The predicted octanol–water partition coefficient (Wildman–Crippen LogP) is 1.77. The molecule has 0 saturated heterocycles. The first-order valence-electron chi connectivity index (χ1n) is 2.91. The van der Waals surface area contributed by atoms with Crippen molar-refractivity contribution in [2.45, 2.75) is 20.8 Å². The van der Waals surface area contributed by atoms with Crippen molar-refractivity contribution in [2.75, 3.05) is 7.05 Å². The SMILES string of the molecule is CN/C=C\C(C)(C)C. The van der Waals surface area contributed by atoms with Crippen molar-refractivity contribution in [1.29, 1.82) is 0 Å². The lowest BCUT2D eigenvalue weighted by Gasteiger charge is -2.10. The Hall–Kier alpha value is -0.460. The molecule has 0 bridgehead atoms. The van der Waals surface area contributed by atoms with E-state index in [4.69, 9.17) is 0 Å². The third kappa shape index (κ3) is 5.54. The maximum absolute atomic E-state index is 2.94. The fourth-order valence-corrected chi connectivity index (χ4v) is 0.333. The average Bonchev–Trinajstić information content (AvgIpc) is 1.59. The Balaban J connectivity index is 3.52. The van der Waals surface area contributed by atoms with Crippen molar-refractivity contribution in [2.24, 2.45) is 5.41 Å². The molecular formula is C7H15N. The van der Waals surface area contributed by atoms with Crippen molar-refractivity contribution < 1.29 is 0 Å². The van der Waals surface area contributed by atoms with Gasteiger partial charge < -0.3 is 5.32 Å². The number of allylic oxidation sites excluding steroid dienone is 1. The fourth-order valence-electron chi connectivity index (χ4n) is 0.333.